The average molecular weight is 145 g/mol. The van der Waals surface area contributed by atoms with Crippen LogP contribution in [0.4, 0.5) is 0 Å². The van der Waals surface area contributed by atoms with Crippen molar-refractivity contribution in [3.8, 4) is 0 Å². The second-order valence-corrected chi connectivity index (χ2v) is 2.13. The van der Waals surface area contributed by atoms with Gasteiger partial charge in [-0.2, -0.15) is 34.7 Å². The van der Waals surface area contributed by atoms with Crippen LogP contribution in [0.25, 0.3) is 0 Å². The van der Waals surface area contributed by atoms with Gasteiger partial charge in [-0.05, 0) is 12.5 Å². The van der Waals surface area contributed by atoms with Gasteiger partial charge in [0.2, 0.25) is 0 Å². The Hall–Kier alpha value is 0.995. The van der Waals surface area contributed by atoms with Crippen LogP contribution in [0.3, 0.4) is 0 Å². The predicted octanol–water partition coefficient (Wildman–Crippen LogP) is 1.71. The fraction of sp³-hybridized carbons (Fsp3) is 1.00. The summed E-state index contributed by atoms with van der Waals surface area (Å²) in [6, 6.07) is 0. The summed E-state index contributed by atoms with van der Waals surface area (Å²) in [7, 11) is 0. The first-order valence-electron chi connectivity index (χ1n) is 1.35. The third kappa shape index (κ3) is 80.5. The van der Waals surface area contributed by atoms with Gasteiger partial charge in [0.15, 0.2) is 0 Å². The van der Waals surface area contributed by atoms with Crippen LogP contribution in [0.15, 0.2) is 0 Å². The van der Waals surface area contributed by atoms with E-state index < -0.39 is 0 Å². The zero-order valence-corrected chi connectivity index (χ0v) is 6.20. The van der Waals surface area contributed by atoms with E-state index in [9.17, 15) is 0 Å². The smallest absolute Gasteiger partial charge is 0.177 e. The molecule has 0 heterocycles. The van der Waals surface area contributed by atoms with Crippen LogP contribution in [-0.4, -0.2) is 18.6 Å². The van der Waals surface area contributed by atoms with Crippen LogP contribution < -0.4 is 0 Å². The molecule has 0 saturated carbocycles. The van der Waals surface area contributed by atoms with Crippen LogP contribution in [0.1, 0.15) is 0 Å². The Morgan fingerprint density at radius 1 is 1.33 bits per heavy atom. The van der Waals surface area contributed by atoms with E-state index in [1.807, 2.05) is 12.5 Å². The Kier molecular flexibility index (Phi) is 28.0. The highest BCUT2D eigenvalue weighted by molar-refractivity contribution is 7.97. The van der Waals surface area contributed by atoms with Gasteiger partial charge >= 0.3 is 6.11 Å². The Morgan fingerprint density at radius 3 is 1.33 bits per heavy atom. The number of hydrogen-bond donors (Lipinski definition) is 0. The SMILES string of the molecule is CSC.ClBCl. The van der Waals surface area contributed by atoms with Gasteiger partial charge in [-0.3, -0.25) is 0 Å². The summed E-state index contributed by atoms with van der Waals surface area (Å²) < 4.78 is 0. The van der Waals surface area contributed by atoms with Crippen LogP contribution in [0.5, 0.6) is 0 Å². The maximum absolute atomic E-state index is 4.76. The van der Waals surface area contributed by atoms with Crippen molar-refractivity contribution in [2.24, 2.45) is 0 Å². The molecule has 0 rings (SSSR count). The van der Waals surface area contributed by atoms with E-state index in [4.69, 9.17) is 22.9 Å². The topological polar surface area (TPSA) is 0 Å². The van der Waals surface area contributed by atoms with Crippen molar-refractivity contribution >= 4 is 40.8 Å². The summed E-state index contributed by atoms with van der Waals surface area (Å²) in [4.78, 5) is 0. The molecule has 0 aliphatic carbocycles. The molecule has 0 bridgehead atoms. The van der Waals surface area contributed by atoms with Crippen molar-refractivity contribution in [1.29, 1.82) is 0 Å². The molecule has 0 N–H and O–H groups in total. The average Bonchev–Trinajstić information content (AvgIpc) is 1.39. The lowest BCUT2D eigenvalue weighted by Crippen LogP contribution is -1.36. The van der Waals surface area contributed by atoms with Crippen LogP contribution in [0.2, 0.25) is 0 Å². The van der Waals surface area contributed by atoms with Gasteiger partial charge in [-0.15, -0.1) is 0 Å². The maximum atomic E-state index is 4.76. The molecular weight excluding hydrogens is 138 g/mol. The highest BCUT2D eigenvalue weighted by Gasteiger charge is 1.52. The monoisotopic (exact) mass is 144 g/mol. The Labute approximate surface area is 53.7 Å². The first kappa shape index (κ1) is 10.1. The third-order valence-corrected chi connectivity index (χ3v) is 0. The number of hydrogen-bond acceptors (Lipinski definition) is 1. The molecule has 0 atom stereocenters. The van der Waals surface area contributed by atoms with Crippen LogP contribution in [-0.2, 0) is 0 Å². The second-order valence-electron chi connectivity index (χ2n) is 0.509. The molecule has 0 aliphatic heterocycles. The third-order valence-electron chi connectivity index (χ3n) is 0. The fourth-order valence-electron chi connectivity index (χ4n) is 0. The molecule has 0 unspecified atom stereocenters. The Morgan fingerprint density at radius 2 is 1.33 bits per heavy atom. The second kappa shape index (κ2) is 16.7. The summed E-state index contributed by atoms with van der Waals surface area (Å²) in [5.41, 5.74) is 0. The van der Waals surface area contributed by atoms with E-state index in [1.165, 1.54) is 0 Å². The highest BCUT2D eigenvalue weighted by atomic mass is 35.5. The zero-order chi connectivity index (χ0) is 5.41. The van der Waals surface area contributed by atoms with Crippen molar-refractivity contribution in [2.45, 2.75) is 0 Å². The standard InChI is InChI=1S/C2H6S.BCl2H/c1-3-2;2-1-3/h1-2H3;1H. The molecule has 0 nitrogen and oxygen atoms in total. The number of halogens is 2. The highest BCUT2D eigenvalue weighted by Crippen LogP contribution is 1.70. The van der Waals surface area contributed by atoms with E-state index in [0.29, 0.717) is 0 Å². The van der Waals surface area contributed by atoms with Crippen molar-refractivity contribution in [2.75, 3.05) is 12.5 Å². The molecule has 0 fully saturated rings. The minimum Gasteiger partial charge on any atom is -0.177 e. The molecule has 0 radical (unpaired) electrons. The first-order chi connectivity index (χ1) is 2.83. The molecular formula is C2H7BCl2S. The van der Waals surface area contributed by atoms with Gasteiger partial charge in [-0.1, -0.05) is 0 Å². The Bertz CT molecular complexity index is 13.5. The van der Waals surface area contributed by atoms with E-state index in [2.05, 4.69) is 0 Å². The largest absolute Gasteiger partial charge is 0.335 e. The molecule has 0 aromatic heterocycles. The van der Waals surface area contributed by atoms with Crippen molar-refractivity contribution < 1.29 is 0 Å². The Balaban J connectivity index is 0. The molecule has 0 aromatic carbocycles. The molecule has 0 aromatic rings. The normalized spacial score (nSPS) is 5.33. The molecule has 4 heteroatoms. The molecule has 6 heavy (non-hydrogen) atoms. The summed E-state index contributed by atoms with van der Waals surface area (Å²) in [5, 5.41) is 0. The lowest BCUT2D eigenvalue weighted by atomic mass is 10.7. The summed E-state index contributed by atoms with van der Waals surface area (Å²) in [6.45, 7) is 0. The molecule has 38 valence electrons. The number of thioether (sulfide) groups is 1. The maximum Gasteiger partial charge on any atom is 0.335 e. The molecule has 0 aliphatic rings. The fourth-order valence-corrected chi connectivity index (χ4v) is 0. The molecule has 0 amide bonds. The van der Waals surface area contributed by atoms with Gasteiger partial charge in [0.1, 0.15) is 0 Å². The number of rotatable bonds is 0. The van der Waals surface area contributed by atoms with Crippen LogP contribution >= 0.6 is 34.7 Å². The van der Waals surface area contributed by atoms with Gasteiger partial charge in [-0.25, -0.2) is 0 Å². The summed E-state index contributed by atoms with van der Waals surface area (Å²) in [5.74, 6) is 0. The van der Waals surface area contributed by atoms with E-state index in [0.717, 1.165) is 0 Å². The van der Waals surface area contributed by atoms with Crippen molar-refractivity contribution in [1.82, 2.24) is 0 Å². The molecule has 0 saturated heterocycles. The zero-order valence-electron chi connectivity index (χ0n) is 3.87. The summed E-state index contributed by atoms with van der Waals surface area (Å²) >= 11 is 11.3. The van der Waals surface area contributed by atoms with Gasteiger partial charge in [0.25, 0.3) is 0 Å². The van der Waals surface area contributed by atoms with E-state index >= 15 is 0 Å². The quantitative estimate of drug-likeness (QED) is 0.467. The lowest BCUT2D eigenvalue weighted by molar-refractivity contribution is 2.37. The van der Waals surface area contributed by atoms with Gasteiger partial charge in [0, 0.05) is 0 Å². The molecule has 0 spiro atoms. The van der Waals surface area contributed by atoms with Crippen LogP contribution in [0, 0.1) is 0 Å². The minimum atomic E-state index is 0.194. The van der Waals surface area contributed by atoms with E-state index in [1.54, 1.807) is 11.8 Å². The lowest BCUT2D eigenvalue weighted by Gasteiger charge is -1.51. The van der Waals surface area contributed by atoms with Gasteiger partial charge < -0.3 is 0 Å². The first-order valence-corrected chi connectivity index (χ1v) is 4.05. The van der Waals surface area contributed by atoms with Gasteiger partial charge in [0.05, 0.1) is 0 Å². The van der Waals surface area contributed by atoms with E-state index in [-0.39, 0.29) is 6.11 Å². The van der Waals surface area contributed by atoms with Crippen molar-refractivity contribution in [3.05, 3.63) is 0 Å². The predicted molar refractivity (Wildman–Crippen MR) is 38.3 cm³/mol. The van der Waals surface area contributed by atoms with Crippen molar-refractivity contribution in [3.63, 3.8) is 0 Å². The summed E-state index contributed by atoms with van der Waals surface area (Å²) in [6.07, 6.45) is 4.28. The minimum absolute atomic E-state index is 0.194.